The van der Waals surface area contributed by atoms with Crippen molar-refractivity contribution < 1.29 is 23.8 Å². The Kier molecular flexibility index (Phi) is 8.06. The molecule has 3 aromatic rings. The van der Waals surface area contributed by atoms with Gasteiger partial charge in [-0.05, 0) is 74.3 Å². The zero-order chi connectivity index (χ0) is 24.8. The molecule has 1 aliphatic heterocycles. The highest BCUT2D eigenvalue weighted by atomic mass is 16.6. The molecule has 0 saturated carbocycles. The van der Waals surface area contributed by atoms with Gasteiger partial charge in [-0.1, -0.05) is 37.3 Å². The summed E-state index contributed by atoms with van der Waals surface area (Å²) in [5, 5.41) is 11.7. The van der Waals surface area contributed by atoms with Crippen molar-refractivity contribution in [2.24, 2.45) is 11.8 Å². The smallest absolute Gasteiger partial charge is 0.409 e. The van der Waals surface area contributed by atoms with Gasteiger partial charge in [0.05, 0.1) is 18.2 Å². The Hall–Kier alpha value is -3.35. The topological polar surface area (TPSA) is 92.9 Å². The van der Waals surface area contributed by atoms with Gasteiger partial charge in [-0.3, -0.25) is 4.79 Å². The molecule has 1 amide bonds. The highest BCUT2D eigenvalue weighted by Gasteiger charge is 2.31. The van der Waals surface area contributed by atoms with Crippen LogP contribution >= 0.6 is 0 Å². The number of nitrogens with zero attached hydrogens (tertiary/aromatic N) is 2. The van der Waals surface area contributed by atoms with Gasteiger partial charge in [-0.2, -0.15) is 0 Å². The van der Waals surface area contributed by atoms with Crippen molar-refractivity contribution in [3.05, 3.63) is 53.9 Å². The fourth-order valence-electron chi connectivity index (χ4n) is 4.95. The molecule has 186 valence electrons. The van der Waals surface area contributed by atoms with Crippen LogP contribution in [0.1, 0.15) is 50.5 Å². The number of ether oxygens (including phenoxy) is 1. The summed E-state index contributed by atoms with van der Waals surface area (Å²) in [7, 11) is 0. The van der Waals surface area contributed by atoms with Crippen LogP contribution in [0.25, 0.3) is 22.2 Å². The maximum Gasteiger partial charge on any atom is 0.409 e. The second-order valence-electron chi connectivity index (χ2n) is 9.33. The number of oxazole rings is 1. The van der Waals surface area contributed by atoms with Crippen molar-refractivity contribution in [3.8, 4) is 11.5 Å². The second kappa shape index (κ2) is 11.4. The van der Waals surface area contributed by atoms with Gasteiger partial charge in [0.1, 0.15) is 5.76 Å². The van der Waals surface area contributed by atoms with Crippen LogP contribution in [-0.4, -0.2) is 46.7 Å². The molecule has 1 unspecified atom stereocenters. The van der Waals surface area contributed by atoms with Gasteiger partial charge in [0.25, 0.3) is 0 Å². The molecule has 4 rings (SSSR count). The summed E-state index contributed by atoms with van der Waals surface area (Å²) >= 11 is 0. The molecule has 7 nitrogen and oxygen atoms in total. The first kappa shape index (κ1) is 24.8. The number of hydrogen-bond acceptors (Lipinski definition) is 5. The number of likely N-dealkylation sites (tertiary alicyclic amines) is 1. The standard InChI is InChI=1S/C28H34N2O5/c1-3-24(27(31)32)21-13-15-30(16-14-21)28(33)34-17-7-6-10-25-19(2)35-26(29-25)23-12-11-20-8-4-5-9-22(20)18-23/h4-5,8-9,11-12,18,21,24H,3,6-7,10,13-17H2,1-2H3,(H,31,32). The lowest BCUT2D eigenvalue weighted by Gasteiger charge is -2.33. The van der Waals surface area contributed by atoms with E-state index in [2.05, 4.69) is 24.3 Å². The van der Waals surface area contributed by atoms with E-state index in [-0.39, 0.29) is 17.9 Å². The van der Waals surface area contributed by atoms with Crippen LogP contribution in [-0.2, 0) is 16.0 Å². The van der Waals surface area contributed by atoms with E-state index in [1.54, 1.807) is 4.90 Å². The van der Waals surface area contributed by atoms with Gasteiger partial charge in [0.15, 0.2) is 0 Å². The van der Waals surface area contributed by atoms with Crippen molar-refractivity contribution in [1.29, 1.82) is 0 Å². The summed E-state index contributed by atoms with van der Waals surface area (Å²) in [4.78, 5) is 30.2. The average molecular weight is 479 g/mol. The molecule has 2 heterocycles. The van der Waals surface area contributed by atoms with Crippen molar-refractivity contribution in [2.45, 2.75) is 52.4 Å². The predicted octanol–water partition coefficient (Wildman–Crippen LogP) is 6.09. The summed E-state index contributed by atoms with van der Waals surface area (Å²) in [5.74, 6) is 0.521. The molecule has 1 atom stereocenters. The van der Waals surface area contributed by atoms with Gasteiger partial charge in [0.2, 0.25) is 5.89 Å². The van der Waals surface area contributed by atoms with Crippen LogP contribution in [0.2, 0.25) is 0 Å². The summed E-state index contributed by atoms with van der Waals surface area (Å²) in [6.07, 6.45) is 4.10. The minimum Gasteiger partial charge on any atom is -0.481 e. The quantitative estimate of drug-likeness (QED) is 0.374. The van der Waals surface area contributed by atoms with Crippen molar-refractivity contribution in [2.75, 3.05) is 19.7 Å². The van der Waals surface area contributed by atoms with Gasteiger partial charge < -0.3 is 19.2 Å². The van der Waals surface area contributed by atoms with Crippen LogP contribution in [0, 0.1) is 18.8 Å². The monoisotopic (exact) mass is 478 g/mol. The fraction of sp³-hybridized carbons (Fsp3) is 0.464. The van der Waals surface area contributed by atoms with Crippen LogP contribution in [0.15, 0.2) is 46.9 Å². The third-order valence-electron chi connectivity index (χ3n) is 7.05. The number of rotatable bonds is 9. The second-order valence-corrected chi connectivity index (χ2v) is 9.33. The summed E-state index contributed by atoms with van der Waals surface area (Å²) in [6, 6.07) is 14.4. The van der Waals surface area contributed by atoms with Crippen molar-refractivity contribution >= 4 is 22.8 Å². The maximum absolute atomic E-state index is 12.4. The van der Waals surface area contributed by atoms with E-state index in [1.165, 1.54) is 5.39 Å². The lowest BCUT2D eigenvalue weighted by atomic mass is 9.83. The molecule has 0 radical (unpaired) electrons. The molecule has 0 aliphatic carbocycles. The van der Waals surface area contributed by atoms with Gasteiger partial charge >= 0.3 is 12.1 Å². The number of aryl methyl sites for hydroxylation is 2. The average Bonchev–Trinajstić information content (AvgIpc) is 3.24. The van der Waals surface area contributed by atoms with Gasteiger partial charge in [-0.25, -0.2) is 9.78 Å². The number of amides is 1. The number of unbranched alkanes of at least 4 members (excludes halogenated alkanes) is 1. The molecule has 0 spiro atoms. The molecule has 7 heteroatoms. The molecule has 0 bridgehead atoms. The molecule has 1 aromatic heterocycles. The molecule has 35 heavy (non-hydrogen) atoms. The Morgan fingerprint density at radius 1 is 1.14 bits per heavy atom. The third-order valence-corrected chi connectivity index (χ3v) is 7.05. The zero-order valence-corrected chi connectivity index (χ0v) is 20.5. The van der Waals surface area contributed by atoms with Gasteiger partial charge in [-0.15, -0.1) is 0 Å². The Morgan fingerprint density at radius 2 is 1.89 bits per heavy atom. The molecular weight excluding hydrogens is 444 g/mol. The third kappa shape index (κ3) is 6.02. The molecule has 1 N–H and O–H groups in total. The lowest BCUT2D eigenvalue weighted by molar-refractivity contribution is -0.144. The van der Waals surface area contributed by atoms with E-state index in [1.807, 2.05) is 32.0 Å². The summed E-state index contributed by atoms with van der Waals surface area (Å²) in [6.45, 7) is 5.32. The Labute approximate surface area is 206 Å². The predicted molar refractivity (Wildman–Crippen MR) is 134 cm³/mol. The number of carboxylic acid groups (broad SMARTS) is 1. The SMILES string of the molecule is CCC(C(=O)O)C1CCN(C(=O)OCCCCc2nc(-c3ccc4ccccc4c3)oc2C)CC1. The number of piperidine rings is 1. The fourth-order valence-corrected chi connectivity index (χ4v) is 4.95. The molecule has 1 saturated heterocycles. The Morgan fingerprint density at radius 3 is 2.60 bits per heavy atom. The number of carbonyl (C=O) groups is 2. The number of hydrogen-bond donors (Lipinski definition) is 1. The zero-order valence-electron chi connectivity index (χ0n) is 20.5. The first-order valence-electron chi connectivity index (χ1n) is 12.6. The Bertz CT molecular complexity index is 1160. The number of fused-ring (bicyclic) bond motifs is 1. The minimum absolute atomic E-state index is 0.131. The molecule has 2 aromatic carbocycles. The van der Waals surface area contributed by atoms with E-state index in [4.69, 9.17) is 14.1 Å². The van der Waals surface area contributed by atoms with Crippen LogP contribution in [0.5, 0.6) is 0 Å². The molecule has 1 fully saturated rings. The minimum atomic E-state index is -0.736. The first-order chi connectivity index (χ1) is 17.0. The van der Waals surface area contributed by atoms with E-state index < -0.39 is 5.97 Å². The number of aliphatic carboxylic acids is 1. The number of carbonyl (C=O) groups excluding carboxylic acids is 1. The largest absolute Gasteiger partial charge is 0.481 e. The van der Waals surface area contributed by atoms with Crippen molar-refractivity contribution in [3.63, 3.8) is 0 Å². The summed E-state index contributed by atoms with van der Waals surface area (Å²) < 4.78 is 11.4. The molecular formula is C28H34N2O5. The van der Waals surface area contributed by atoms with E-state index in [9.17, 15) is 14.7 Å². The number of benzene rings is 2. The molecule has 1 aliphatic rings. The lowest BCUT2D eigenvalue weighted by Crippen LogP contribution is -2.41. The highest BCUT2D eigenvalue weighted by molar-refractivity contribution is 5.86. The summed E-state index contributed by atoms with van der Waals surface area (Å²) in [5.41, 5.74) is 1.90. The van der Waals surface area contributed by atoms with E-state index in [0.29, 0.717) is 44.8 Å². The van der Waals surface area contributed by atoms with Crippen LogP contribution < -0.4 is 0 Å². The highest BCUT2D eigenvalue weighted by Crippen LogP contribution is 2.28. The Balaban J connectivity index is 1.20. The normalized spacial score (nSPS) is 15.3. The van der Waals surface area contributed by atoms with Crippen LogP contribution in [0.4, 0.5) is 4.79 Å². The maximum atomic E-state index is 12.4. The number of aromatic nitrogens is 1. The van der Waals surface area contributed by atoms with Crippen molar-refractivity contribution in [1.82, 2.24) is 9.88 Å². The van der Waals surface area contributed by atoms with Crippen LogP contribution in [0.3, 0.4) is 0 Å². The van der Waals surface area contributed by atoms with E-state index >= 15 is 0 Å². The van der Waals surface area contributed by atoms with Gasteiger partial charge in [0, 0.05) is 18.7 Å². The number of carboxylic acids is 1. The first-order valence-corrected chi connectivity index (χ1v) is 12.6. The van der Waals surface area contributed by atoms with E-state index in [0.717, 1.165) is 41.7 Å².